The molecule has 1 fully saturated rings. The molecule has 1 saturated heterocycles. The molecule has 1 aromatic carbocycles. The van der Waals surface area contributed by atoms with Crippen LogP contribution in [0.2, 0.25) is 0 Å². The zero-order valence-electron chi connectivity index (χ0n) is 8.92. The van der Waals surface area contributed by atoms with Gasteiger partial charge >= 0.3 is 0 Å². The maximum Gasteiger partial charge on any atom is 0.0210 e. The smallest absolute Gasteiger partial charge is 0.0210 e. The highest BCUT2D eigenvalue weighted by Crippen LogP contribution is 2.34. The average molecular weight is 286 g/mol. The van der Waals surface area contributed by atoms with Crippen molar-refractivity contribution in [2.24, 2.45) is 0 Å². The van der Waals surface area contributed by atoms with E-state index in [1.165, 1.54) is 22.2 Å². The third kappa shape index (κ3) is 2.40. The first-order valence-electron chi connectivity index (χ1n) is 5.23. The maximum absolute atomic E-state index is 3.55. The Morgan fingerprint density at radius 3 is 2.80 bits per heavy atom. The quantitative estimate of drug-likeness (QED) is 0.913. The predicted octanol–water partition coefficient (Wildman–Crippen LogP) is 3.04. The molecule has 82 valence electrons. The van der Waals surface area contributed by atoms with Gasteiger partial charge in [-0.25, -0.2) is 0 Å². The molecule has 3 heteroatoms. The van der Waals surface area contributed by atoms with Gasteiger partial charge in [0.25, 0.3) is 0 Å². The van der Waals surface area contributed by atoms with Gasteiger partial charge < -0.3 is 5.32 Å². The minimum Gasteiger partial charge on any atom is -0.315 e. The molecule has 0 spiro atoms. The number of benzene rings is 1. The van der Waals surface area contributed by atoms with Gasteiger partial charge in [0.15, 0.2) is 0 Å². The van der Waals surface area contributed by atoms with E-state index in [9.17, 15) is 0 Å². The zero-order valence-corrected chi connectivity index (χ0v) is 11.3. The topological polar surface area (TPSA) is 12.0 Å². The van der Waals surface area contributed by atoms with Crippen LogP contribution in [0.25, 0.3) is 0 Å². The Kier molecular flexibility index (Phi) is 3.75. The van der Waals surface area contributed by atoms with Crippen LogP contribution in [0.3, 0.4) is 0 Å². The van der Waals surface area contributed by atoms with Crippen LogP contribution in [-0.4, -0.2) is 25.1 Å². The Balaban J connectivity index is 2.18. The molecule has 1 aliphatic rings. The van der Waals surface area contributed by atoms with Crippen LogP contribution in [-0.2, 0) is 5.41 Å². The zero-order chi connectivity index (χ0) is 10.7. The van der Waals surface area contributed by atoms with E-state index in [2.05, 4.69) is 51.8 Å². The molecule has 1 heterocycles. The molecule has 1 N–H and O–H groups in total. The summed E-state index contributed by atoms with van der Waals surface area (Å²) in [5.74, 6) is 1.24. The number of hydrogen-bond acceptors (Lipinski definition) is 2. The molecule has 0 radical (unpaired) electrons. The van der Waals surface area contributed by atoms with Gasteiger partial charge in [0, 0.05) is 23.0 Å². The van der Waals surface area contributed by atoms with Crippen LogP contribution in [0.4, 0.5) is 0 Å². The lowest BCUT2D eigenvalue weighted by Crippen LogP contribution is -2.57. The Morgan fingerprint density at radius 2 is 2.27 bits per heavy atom. The molecule has 15 heavy (non-hydrogen) atoms. The van der Waals surface area contributed by atoms with Crippen LogP contribution in [0.1, 0.15) is 12.0 Å². The lowest BCUT2D eigenvalue weighted by Gasteiger charge is -2.43. The van der Waals surface area contributed by atoms with Gasteiger partial charge in [0.05, 0.1) is 0 Å². The number of rotatable bonds is 4. The van der Waals surface area contributed by atoms with Crippen LogP contribution in [0.5, 0.6) is 0 Å². The lowest BCUT2D eigenvalue weighted by atomic mass is 9.73. The molecule has 0 amide bonds. The summed E-state index contributed by atoms with van der Waals surface area (Å²) in [6.07, 6.45) is 3.46. The van der Waals surface area contributed by atoms with Crippen molar-refractivity contribution >= 4 is 27.7 Å². The number of halogens is 1. The Labute approximate surface area is 104 Å². The van der Waals surface area contributed by atoms with Crippen molar-refractivity contribution in [3.8, 4) is 0 Å². The summed E-state index contributed by atoms with van der Waals surface area (Å²) in [5, 5.41) is 3.40. The molecule has 0 aliphatic carbocycles. The summed E-state index contributed by atoms with van der Waals surface area (Å²) in [6.45, 7) is 2.26. The molecule has 2 rings (SSSR count). The normalized spacial score (nSPS) is 18.5. The van der Waals surface area contributed by atoms with E-state index in [0.29, 0.717) is 5.41 Å². The average Bonchev–Trinajstić information content (AvgIpc) is 2.16. The minimum atomic E-state index is 0.396. The van der Waals surface area contributed by atoms with Gasteiger partial charge in [-0.15, -0.1) is 0 Å². The van der Waals surface area contributed by atoms with E-state index < -0.39 is 0 Å². The molecule has 0 bridgehead atoms. The summed E-state index contributed by atoms with van der Waals surface area (Å²) in [5.41, 5.74) is 1.87. The first-order valence-corrected chi connectivity index (χ1v) is 7.41. The van der Waals surface area contributed by atoms with E-state index in [1.807, 2.05) is 11.8 Å². The van der Waals surface area contributed by atoms with E-state index in [4.69, 9.17) is 0 Å². The Bertz CT molecular complexity index is 336. The van der Waals surface area contributed by atoms with E-state index in [0.717, 1.165) is 13.1 Å². The second kappa shape index (κ2) is 4.89. The fourth-order valence-corrected chi connectivity index (χ4v) is 3.06. The van der Waals surface area contributed by atoms with Gasteiger partial charge in [-0.05, 0) is 36.1 Å². The molecule has 1 aliphatic heterocycles. The van der Waals surface area contributed by atoms with E-state index >= 15 is 0 Å². The van der Waals surface area contributed by atoms with Gasteiger partial charge in [0.1, 0.15) is 0 Å². The molecule has 0 aromatic heterocycles. The second-order valence-electron chi connectivity index (χ2n) is 4.14. The molecule has 0 saturated carbocycles. The fraction of sp³-hybridized carbons (Fsp3) is 0.500. The standard InChI is InChI=1S/C12H16BrNS/c1-15-6-5-12(8-14-9-12)10-3-2-4-11(13)7-10/h2-4,7,14H,5-6,8-9H2,1H3. The van der Waals surface area contributed by atoms with Crippen LogP contribution >= 0.6 is 27.7 Å². The third-order valence-electron chi connectivity index (χ3n) is 3.15. The SMILES string of the molecule is CSCCC1(c2cccc(Br)c2)CNC1. The van der Waals surface area contributed by atoms with Crippen molar-refractivity contribution < 1.29 is 0 Å². The summed E-state index contributed by atoms with van der Waals surface area (Å²) in [7, 11) is 0. The lowest BCUT2D eigenvalue weighted by molar-refractivity contribution is 0.269. The predicted molar refractivity (Wildman–Crippen MR) is 71.7 cm³/mol. The monoisotopic (exact) mass is 285 g/mol. The number of thioether (sulfide) groups is 1. The molecule has 1 nitrogen and oxygen atoms in total. The number of hydrogen-bond donors (Lipinski definition) is 1. The first-order chi connectivity index (χ1) is 7.27. The highest BCUT2D eigenvalue weighted by Gasteiger charge is 2.37. The van der Waals surface area contributed by atoms with Crippen LogP contribution in [0.15, 0.2) is 28.7 Å². The Hall–Kier alpha value is 0.01000. The van der Waals surface area contributed by atoms with Gasteiger partial charge in [-0.1, -0.05) is 28.1 Å². The fourth-order valence-electron chi connectivity index (χ4n) is 2.07. The van der Waals surface area contributed by atoms with Crippen molar-refractivity contribution in [3.63, 3.8) is 0 Å². The summed E-state index contributed by atoms with van der Waals surface area (Å²) in [6, 6.07) is 8.75. The van der Waals surface area contributed by atoms with E-state index in [1.54, 1.807) is 0 Å². The minimum absolute atomic E-state index is 0.396. The first kappa shape index (κ1) is 11.5. The van der Waals surface area contributed by atoms with Crippen molar-refractivity contribution in [2.75, 3.05) is 25.1 Å². The highest BCUT2D eigenvalue weighted by atomic mass is 79.9. The van der Waals surface area contributed by atoms with Crippen molar-refractivity contribution in [3.05, 3.63) is 34.3 Å². The third-order valence-corrected chi connectivity index (χ3v) is 4.25. The molecular weight excluding hydrogens is 270 g/mol. The molecular formula is C12H16BrNS. The summed E-state index contributed by atoms with van der Waals surface area (Å²) in [4.78, 5) is 0. The van der Waals surface area contributed by atoms with Crippen molar-refractivity contribution in [1.82, 2.24) is 5.32 Å². The summed E-state index contributed by atoms with van der Waals surface area (Å²) < 4.78 is 1.19. The van der Waals surface area contributed by atoms with Crippen LogP contribution < -0.4 is 5.32 Å². The molecule has 0 unspecified atom stereocenters. The van der Waals surface area contributed by atoms with Crippen LogP contribution in [0, 0.1) is 0 Å². The number of nitrogens with one attached hydrogen (secondary N) is 1. The van der Waals surface area contributed by atoms with Crippen molar-refractivity contribution in [1.29, 1.82) is 0 Å². The highest BCUT2D eigenvalue weighted by molar-refractivity contribution is 9.10. The largest absolute Gasteiger partial charge is 0.315 e. The molecule has 1 aromatic rings. The maximum atomic E-state index is 3.55. The second-order valence-corrected chi connectivity index (χ2v) is 6.04. The molecule has 0 atom stereocenters. The summed E-state index contributed by atoms with van der Waals surface area (Å²) >= 11 is 5.49. The Morgan fingerprint density at radius 1 is 1.47 bits per heavy atom. The van der Waals surface area contributed by atoms with Gasteiger partial charge in [0.2, 0.25) is 0 Å². The van der Waals surface area contributed by atoms with Gasteiger partial charge in [-0.3, -0.25) is 0 Å². The van der Waals surface area contributed by atoms with Crippen molar-refractivity contribution in [2.45, 2.75) is 11.8 Å². The van der Waals surface area contributed by atoms with E-state index in [-0.39, 0.29) is 0 Å². The van der Waals surface area contributed by atoms with Gasteiger partial charge in [-0.2, -0.15) is 11.8 Å².